The number of hydrogen-bond donors (Lipinski definition) is 0. The molecule has 160 valence electrons. The highest BCUT2D eigenvalue weighted by atomic mass is 32.2. The van der Waals surface area contributed by atoms with Gasteiger partial charge in [0.15, 0.2) is 14.5 Å². The lowest BCUT2D eigenvalue weighted by molar-refractivity contribution is -1.03. The maximum absolute atomic E-state index is 14.0. The van der Waals surface area contributed by atoms with E-state index >= 15 is 0 Å². The smallest absolute Gasteiger partial charge is 0.354 e. The summed E-state index contributed by atoms with van der Waals surface area (Å²) in [5.74, 6) is 1.68. The van der Waals surface area contributed by atoms with Gasteiger partial charge in [-0.2, -0.15) is 0 Å². The molecule has 7 heterocycles. The molecule has 0 bridgehead atoms. The number of nitrogens with zero attached hydrogens (tertiary/aromatic N) is 3. The number of rotatable bonds is 0. The van der Waals surface area contributed by atoms with Gasteiger partial charge in [-0.05, 0) is 48.0 Å². The van der Waals surface area contributed by atoms with Crippen molar-refractivity contribution >= 4 is 45.8 Å². The van der Waals surface area contributed by atoms with Crippen molar-refractivity contribution in [2.75, 3.05) is 0 Å². The van der Waals surface area contributed by atoms with E-state index in [2.05, 4.69) is 76.3 Å². The zero-order valence-corrected chi connectivity index (χ0v) is 19.1. The number of pyridine rings is 2. The summed E-state index contributed by atoms with van der Waals surface area (Å²) < 4.78 is 25.8. The van der Waals surface area contributed by atoms with E-state index in [1.165, 1.54) is 22.2 Å². The Balaban J connectivity index is 1.52. The molecule has 0 saturated carbocycles. The van der Waals surface area contributed by atoms with Gasteiger partial charge in [0.05, 0.1) is 10.1 Å². The Bertz CT molecular complexity index is 1890. The van der Waals surface area contributed by atoms with Gasteiger partial charge in [-0.15, -0.1) is 0 Å². The second-order valence-electron chi connectivity index (χ2n) is 9.68. The number of para-hydroxylation sites is 1. The molecule has 5 aromatic rings. The highest BCUT2D eigenvalue weighted by Gasteiger charge is 2.75. The van der Waals surface area contributed by atoms with E-state index in [-0.39, 0.29) is 6.71 Å². The highest BCUT2D eigenvalue weighted by molar-refractivity contribution is 7.92. The van der Waals surface area contributed by atoms with Crippen molar-refractivity contribution in [2.24, 2.45) is 0 Å². The van der Waals surface area contributed by atoms with Crippen LogP contribution in [0.5, 0.6) is 11.5 Å². The van der Waals surface area contributed by atoms with Gasteiger partial charge < -0.3 is 9.29 Å². The molecule has 5 nitrogen and oxygen atoms in total. The van der Waals surface area contributed by atoms with Gasteiger partial charge in [0.2, 0.25) is 29.5 Å². The molecule has 10 rings (SSSR count). The largest absolute Gasteiger partial charge is 0.606 e. The summed E-state index contributed by atoms with van der Waals surface area (Å²) in [6.07, 6.45) is 4.37. The summed E-state index contributed by atoms with van der Waals surface area (Å²) in [6.45, 7) is 0.0366. The number of fused-ring (bicyclic) bond motifs is 3. The van der Waals surface area contributed by atoms with E-state index in [1.54, 1.807) is 0 Å². The molecule has 0 N–H and O–H groups in total. The van der Waals surface area contributed by atoms with Gasteiger partial charge >= 0.3 is 18.1 Å². The number of hydrogen-bond acceptors (Lipinski definition) is 2. The van der Waals surface area contributed by atoms with Crippen LogP contribution >= 0.6 is 0 Å². The molecular weight excluding hydrogens is 453 g/mol. The molecule has 7 heteroatoms. The summed E-state index contributed by atoms with van der Waals surface area (Å²) >= 11 is -1.25. The minimum atomic E-state index is -1.25. The number of benzene rings is 3. The van der Waals surface area contributed by atoms with Gasteiger partial charge in [0, 0.05) is 45.1 Å². The zero-order chi connectivity index (χ0) is 22.6. The molecule has 0 saturated heterocycles. The maximum atomic E-state index is 14.0. The Hall–Kier alpha value is -3.91. The quantitative estimate of drug-likeness (QED) is 0.148. The fraction of sp³-hybridized carbons (Fsp3) is 0. The average Bonchev–Trinajstić information content (AvgIpc) is 3.40. The minimum Gasteiger partial charge on any atom is -0.606 e. The summed E-state index contributed by atoms with van der Waals surface area (Å²) in [5, 5.41) is 0. The average molecular weight is 468 g/mol. The number of quaternary nitrogens is 1. The fourth-order valence-corrected chi connectivity index (χ4v) is 8.74. The summed E-state index contributed by atoms with van der Waals surface area (Å²) in [5.41, 5.74) is 10.4. The Morgan fingerprint density at radius 1 is 0.686 bits per heavy atom. The van der Waals surface area contributed by atoms with Crippen LogP contribution in [-0.4, -0.2) is 11.3 Å². The summed E-state index contributed by atoms with van der Waals surface area (Å²) in [6, 6.07) is 27.3. The summed E-state index contributed by atoms with van der Waals surface area (Å²) in [7, 11) is 0. The first-order chi connectivity index (χ1) is 17.3. The van der Waals surface area contributed by atoms with Crippen LogP contribution in [0, 0.1) is 0 Å². The molecule has 1 spiro atoms. The minimum absolute atomic E-state index is 0.0366. The van der Waals surface area contributed by atoms with Crippen molar-refractivity contribution in [3.05, 3.63) is 91.3 Å². The van der Waals surface area contributed by atoms with Crippen molar-refractivity contribution in [1.82, 2.24) is 4.70 Å². The SMILES string of the molecule is [O-][S+]1c2cccc3c2B2c4c1ccc1c4[N+]4(c5c(cccc5-c5cccc[n+]54)O1)[n+]1cccc-3c12. The van der Waals surface area contributed by atoms with Gasteiger partial charge in [0.25, 0.3) is 5.69 Å². The van der Waals surface area contributed by atoms with E-state index < -0.39 is 11.2 Å². The van der Waals surface area contributed by atoms with Crippen molar-refractivity contribution in [3.63, 3.8) is 0 Å². The van der Waals surface area contributed by atoms with E-state index in [1.807, 2.05) is 24.3 Å². The molecule has 0 amide bonds. The lowest BCUT2D eigenvalue weighted by Gasteiger charge is -2.34. The van der Waals surface area contributed by atoms with Crippen LogP contribution in [0.4, 0.5) is 11.4 Å². The van der Waals surface area contributed by atoms with Crippen LogP contribution in [-0.2, 0) is 11.2 Å². The third-order valence-corrected chi connectivity index (χ3v) is 9.85. The Labute approximate surface area is 203 Å². The Morgan fingerprint density at radius 3 is 2.46 bits per heavy atom. The predicted molar refractivity (Wildman–Crippen MR) is 132 cm³/mol. The first-order valence-corrected chi connectivity index (χ1v) is 13.0. The van der Waals surface area contributed by atoms with Crippen LogP contribution in [0.25, 0.3) is 22.4 Å². The second kappa shape index (κ2) is 5.34. The number of ether oxygens (including phenoxy) is 1. The lowest BCUT2D eigenvalue weighted by Crippen LogP contribution is -2.92. The number of aromatic nitrogens is 2. The molecule has 0 fully saturated rings. The lowest BCUT2D eigenvalue weighted by atomic mass is 9.39. The van der Waals surface area contributed by atoms with Crippen molar-refractivity contribution in [3.8, 4) is 33.9 Å². The molecular formula is C28H15BN3O2S+3. The third-order valence-electron chi connectivity index (χ3n) is 8.34. The van der Waals surface area contributed by atoms with E-state index in [4.69, 9.17) is 4.74 Å². The Kier molecular flexibility index (Phi) is 2.67. The fourth-order valence-electron chi connectivity index (χ4n) is 7.26. The normalized spacial score (nSPS) is 21.3. The molecule has 3 aromatic carbocycles. The molecule has 2 atom stereocenters. The molecule has 0 radical (unpaired) electrons. The molecule has 2 aromatic heterocycles. The van der Waals surface area contributed by atoms with Crippen molar-refractivity contribution in [2.45, 2.75) is 9.79 Å². The Morgan fingerprint density at radius 2 is 1.49 bits per heavy atom. The molecule has 5 aliphatic rings. The van der Waals surface area contributed by atoms with Crippen LogP contribution in [0.15, 0.2) is 101 Å². The first kappa shape index (κ1) is 17.5. The maximum Gasteiger partial charge on any atom is 0.354 e. The molecule has 5 aliphatic heterocycles. The monoisotopic (exact) mass is 468 g/mol. The van der Waals surface area contributed by atoms with Gasteiger partial charge in [-0.3, -0.25) is 0 Å². The van der Waals surface area contributed by atoms with Crippen LogP contribution in [0.1, 0.15) is 0 Å². The zero-order valence-electron chi connectivity index (χ0n) is 18.3. The van der Waals surface area contributed by atoms with E-state index in [9.17, 15) is 4.55 Å². The standard InChI is InChI=1S/C28H15BN3O2S/c33-35-22-11-4-6-16-17-8-5-15-31-28(17)29(24(16)22)25-23(35)13-12-21-27(25)32(31)26-18(7-3-10-20(26)34-21)19-9-1-2-14-30(19)32/h1-15H/q+3. The van der Waals surface area contributed by atoms with E-state index in [0.717, 1.165) is 49.4 Å². The van der Waals surface area contributed by atoms with Gasteiger partial charge in [-0.25, -0.2) is 0 Å². The van der Waals surface area contributed by atoms with Crippen molar-refractivity contribution in [1.29, 1.82) is 0 Å². The summed E-state index contributed by atoms with van der Waals surface area (Å²) in [4.78, 5) is 1.83. The predicted octanol–water partition coefficient (Wildman–Crippen LogP) is 2.20. The molecule has 35 heavy (non-hydrogen) atoms. The third kappa shape index (κ3) is 1.59. The van der Waals surface area contributed by atoms with Crippen LogP contribution in [0.2, 0.25) is 0 Å². The van der Waals surface area contributed by atoms with Gasteiger partial charge in [0.1, 0.15) is 5.56 Å². The highest BCUT2D eigenvalue weighted by Crippen LogP contribution is 2.56. The first-order valence-electron chi connectivity index (χ1n) is 11.8. The second-order valence-corrected chi connectivity index (χ2v) is 11.1. The van der Waals surface area contributed by atoms with Crippen molar-refractivity contribution < 1.29 is 18.6 Å². The molecule has 0 aliphatic carbocycles. The van der Waals surface area contributed by atoms with Gasteiger partial charge in [-0.1, -0.05) is 18.2 Å². The molecule has 2 unspecified atom stereocenters. The van der Waals surface area contributed by atoms with Crippen LogP contribution < -0.4 is 35.3 Å². The van der Waals surface area contributed by atoms with E-state index in [0.29, 0.717) is 4.70 Å². The topological polar surface area (TPSA) is 40.1 Å². The van der Waals surface area contributed by atoms with Crippen LogP contribution in [0.3, 0.4) is 0 Å².